The van der Waals surface area contributed by atoms with E-state index in [1.807, 2.05) is 0 Å². The quantitative estimate of drug-likeness (QED) is 0.525. The van der Waals surface area contributed by atoms with Crippen LogP contribution in [0.2, 0.25) is 0 Å². The summed E-state index contributed by atoms with van der Waals surface area (Å²) in [7, 11) is 1.48. The van der Waals surface area contributed by atoms with Crippen molar-refractivity contribution in [3.8, 4) is 5.75 Å². The maximum absolute atomic E-state index is 12.6. The summed E-state index contributed by atoms with van der Waals surface area (Å²) < 4.78 is 5.05. The molecule has 2 rings (SSSR count). The molecule has 0 bridgehead atoms. The molecule has 0 heterocycles. The Morgan fingerprint density at radius 3 is 2.32 bits per heavy atom. The van der Waals surface area contributed by atoms with Gasteiger partial charge in [0.25, 0.3) is 0 Å². The fourth-order valence-corrected chi connectivity index (χ4v) is 2.53. The van der Waals surface area contributed by atoms with E-state index in [1.54, 1.807) is 18.2 Å². The van der Waals surface area contributed by atoms with Crippen molar-refractivity contribution in [2.45, 2.75) is 25.7 Å². The smallest absolute Gasteiger partial charge is 0.317 e. The number of hydrogen-bond donors (Lipinski definition) is 1. The minimum atomic E-state index is -1.49. The van der Waals surface area contributed by atoms with Gasteiger partial charge in [0.1, 0.15) is 16.9 Å². The third kappa shape index (κ3) is 3.42. The molecule has 0 aliphatic heterocycles. The van der Waals surface area contributed by atoms with Crippen LogP contribution in [0.5, 0.6) is 5.75 Å². The summed E-state index contributed by atoms with van der Waals surface area (Å²) in [5, 5.41) is 9.47. The minimum absolute atomic E-state index is 0.0142. The molecule has 1 N–H and O–H groups in total. The molecule has 5 heteroatoms. The van der Waals surface area contributed by atoms with Crippen molar-refractivity contribution in [2.75, 3.05) is 7.11 Å². The Kier molecular flexibility index (Phi) is 6.04. The van der Waals surface area contributed by atoms with Crippen molar-refractivity contribution in [3.05, 3.63) is 43.0 Å². The lowest BCUT2D eigenvalue weighted by Gasteiger charge is -2.31. The molecule has 0 aromatic heterocycles. The summed E-state index contributed by atoms with van der Waals surface area (Å²) in [5.41, 5.74) is -1.18. The second-order valence-electron chi connectivity index (χ2n) is 4.99. The average molecular weight is 304 g/mol. The van der Waals surface area contributed by atoms with Gasteiger partial charge in [0.2, 0.25) is 0 Å². The molecule has 0 unspecified atom stereocenters. The van der Waals surface area contributed by atoms with E-state index in [1.165, 1.54) is 13.2 Å². The summed E-state index contributed by atoms with van der Waals surface area (Å²) in [5.74, 6) is -1.09. The molecule has 5 nitrogen and oxygen atoms in total. The van der Waals surface area contributed by atoms with Crippen LogP contribution in [0.4, 0.5) is 0 Å². The zero-order valence-corrected chi connectivity index (χ0v) is 12.6. The van der Waals surface area contributed by atoms with Gasteiger partial charge in [-0.3, -0.25) is 14.4 Å². The number of ether oxygens (including phenoxy) is 1. The Hall–Kier alpha value is -2.43. The van der Waals surface area contributed by atoms with Crippen molar-refractivity contribution in [2.24, 2.45) is 5.41 Å². The topological polar surface area (TPSA) is 80.7 Å². The molecule has 1 aromatic rings. The number of benzene rings is 1. The Bertz CT molecular complexity index is 566. The molecule has 1 aliphatic carbocycles. The Balaban J connectivity index is 0.00000116. The molecule has 118 valence electrons. The first-order chi connectivity index (χ1) is 10.5. The number of Topliss-reactive ketones (excluding diaryl/α,β-unsaturated/α-hetero) is 2. The number of aliphatic carboxylic acids is 1. The molecule has 0 spiro atoms. The number of carbonyl (C=O) groups is 3. The molecule has 1 aliphatic rings. The highest BCUT2D eigenvalue weighted by molar-refractivity contribution is 6.13. The molecular weight excluding hydrogens is 284 g/mol. The van der Waals surface area contributed by atoms with Gasteiger partial charge >= 0.3 is 5.97 Å². The third-order valence-electron chi connectivity index (χ3n) is 3.84. The monoisotopic (exact) mass is 304 g/mol. The molecule has 0 atom stereocenters. The van der Waals surface area contributed by atoms with Crippen LogP contribution in [0.3, 0.4) is 0 Å². The van der Waals surface area contributed by atoms with E-state index in [0.29, 0.717) is 11.3 Å². The van der Waals surface area contributed by atoms with E-state index in [4.69, 9.17) is 4.74 Å². The summed E-state index contributed by atoms with van der Waals surface area (Å²) >= 11 is 0. The molecular formula is C17H20O5. The Morgan fingerprint density at radius 2 is 1.82 bits per heavy atom. The highest BCUT2D eigenvalue weighted by Crippen LogP contribution is 2.38. The highest BCUT2D eigenvalue weighted by Gasteiger charge is 2.48. The fourth-order valence-electron chi connectivity index (χ4n) is 2.53. The van der Waals surface area contributed by atoms with E-state index in [2.05, 4.69) is 13.2 Å². The first-order valence-corrected chi connectivity index (χ1v) is 6.93. The fraction of sp³-hybridized carbons (Fsp3) is 0.353. The van der Waals surface area contributed by atoms with Crippen LogP contribution in [0.1, 0.15) is 36.0 Å². The third-order valence-corrected chi connectivity index (χ3v) is 3.84. The number of ketones is 2. The lowest BCUT2D eigenvalue weighted by molar-refractivity contribution is -0.148. The zero-order chi connectivity index (χ0) is 16.8. The maximum Gasteiger partial charge on any atom is 0.317 e. The van der Waals surface area contributed by atoms with Gasteiger partial charge in [-0.05, 0) is 25.0 Å². The summed E-state index contributed by atoms with van der Waals surface area (Å²) in [6.45, 7) is 6.00. The summed E-state index contributed by atoms with van der Waals surface area (Å²) in [4.78, 5) is 35.5. The van der Waals surface area contributed by atoms with Gasteiger partial charge in [-0.2, -0.15) is 0 Å². The van der Waals surface area contributed by atoms with Crippen LogP contribution < -0.4 is 4.74 Å². The van der Waals surface area contributed by atoms with Gasteiger partial charge in [0.05, 0.1) is 7.11 Å². The number of rotatable bonds is 4. The van der Waals surface area contributed by atoms with Gasteiger partial charge in [0.15, 0.2) is 5.78 Å². The minimum Gasteiger partial charge on any atom is -0.497 e. The van der Waals surface area contributed by atoms with Crippen LogP contribution in [-0.2, 0) is 9.59 Å². The summed E-state index contributed by atoms with van der Waals surface area (Å²) in [6.07, 6.45) is 0.415. The Morgan fingerprint density at radius 1 is 1.23 bits per heavy atom. The number of carboxylic acids is 1. The van der Waals surface area contributed by atoms with Gasteiger partial charge < -0.3 is 9.84 Å². The average Bonchev–Trinajstić information content (AvgIpc) is 2.57. The van der Waals surface area contributed by atoms with Gasteiger partial charge in [0, 0.05) is 18.4 Å². The van der Waals surface area contributed by atoms with Crippen LogP contribution >= 0.6 is 0 Å². The Labute approximate surface area is 129 Å². The van der Waals surface area contributed by atoms with Gasteiger partial charge in [-0.25, -0.2) is 0 Å². The molecule has 1 saturated carbocycles. The van der Waals surface area contributed by atoms with E-state index in [9.17, 15) is 19.5 Å². The van der Waals surface area contributed by atoms with Crippen molar-refractivity contribution < 1.29 is 24.2 Å². The SMILES string of the molecule is C=C.COc1cccc(C(=O)C2(C(=O)O)CCC(=O)CC2)c1. The van der Waals surface area contributed by atoms with Crippen LogP contribution in [0, 0.1) is 5.41 Å². The van der Waals surface area contributed by atoms with Gasteiger partial charge in [-0.1, -0.05) is 12.1 Å². The van der Waals surface area contributed by atoms with Crippen molar-refractivity contribution >= 4 is 17.5 Å². The molecule has 0 saturated heterocycles. The lowest BCUT2D eigenvalue weighted by atomic mass is 9.69. The van der Waals surface area contributed by atoms with Crippen LogP contribution in [0.25, 0.3) is 0 Å². The van der Waals surface area contributed by atoms with Crippen molar-refractivity contribution in [1.82, 2.24) is 0 Å². The largest absolute Gasteiger partial charge is 0.497 e. The molecule has 1 fully saturated rings. The van der Waals surface area contributed by atoms with Gasteiger partial charge in [-0.15, -0.1) is 13.2 Å². The molecule has 0 radical (unpaired) electrons. The van der Waals surface area contributed by atoms with E-state index >= 15 is 0 Å². The van der Waals surface area contributed by atoms with Crippen molar-refractivity contribution in [1.29, 1.82) is 0 Å². The number of hydrogen-bond acceptors (Lipinski definition) is 4. The second kappa shape index (κ2) is 7.54. The number of carbonyl (C=O) groups excluding carboxylic acids is 2. The second-order valence-corrected chi connectivity index (χ2v) is 4.99. The predicted molar refractivity (Wildman–Crippen MR) is 82.1 cm³/mol. The predicted octanol–water partition coefficient (Wildman–Crippen LogP) is 2.89. The van der Waals surface area contributed by atoms with Crippen molar-refractivity contribution in [3.63, 3.8) is 0 Å². The first kappa shape index (κ1) is 17.6. The molecule has 0 amide bonds. The number of carboxylic acid groups (broad SMARTS) is 1. The first-order valence-electron chi connectivity index (χ1n) is 6.93. The zero-order valence-electron chi connectivity index (χ0n) is 12.6. The normalized spacial score (nSPS) is 16.1. The molecule has 1 aromatic carbocycles. The standard InChI is InChI=1S/C15H16O5.C2H4/c1-20-12-4-2-3-10(9-12)13(17)15(14(18)19)7-5-11(16)6-8-15;1-2/h2-4,9H,5-8H2,1H3,(H,18,19);1-2H2. The molecule has 22 heavy (non-hydrogen) atoms. The highest BCUT2D eigenvalue weighted by atomic mass is 16.5. The lowest BCUT2D eigenvalue weighted by Crippen LogP contribution is -2.42. The van der Waals surface area contributed by atoms with E-state index in [-0.39, 0.29) is 31.5 Å². The van der Waals surface area contributed by atoms with Crippen LogP contribution in [0.15, 0.2) is 37.4 Å². The summed E-state index contributed by atoms with van der Waals surface area (Å²) in [6, 6.07) is 6.44. The number of methoxy groups -OCH3 is 1. The maximum atomic E-state index is 12.6. The van der Waals surface area contributed by atoms with Crippen LogP contribution in [-0.4, -0.2) is 29.8 Å². The van der Waals surface area contributed by atoms with E-state index in [0.717, 1.165) is 0 Å². The van der Waals surface area contributed by atoms with E-state index < -0.39 is 17.2 Å².